The molecule has 3 aromatic rings. The first-order valence-corrected chi connectivity index (χ1v) is 11.8. The fourth-order valence-electron chi connectivity index (χ4n) is 3.55. The van der Waals surface area contributed by atoms with Crippen molar-refractivity contribution < 1.29 is 14.3 Å². The van der Waals surface area contributed by atoms with Crippen LogP contribution in [0.4, 0.5) is 0 Å². The van der Waals surface area contributed by atoms with Gasteiger partial charge in [-0.15, -0.1) is 0 Å². The number of aromatic nitrogens is 2. The summed E-state index contributed by atoms with van der Waals surface area (Å²) in [4.78, 5) is 27.1. The van der Waals surface area contributed by atoms with Gasteiger partial charge in [0.2, 0.25) is 0 Å². The fraction of sp³-hybridized carbons (Fsp3) is 0.320. The predicted molar refractivity (Wildman–Crippen MR) is 131 cm³/mol. The maximum Gasteiger partial charge on any atom is 0.358 e. The van der Waals surface area contributed by atoms with Gasteiger partial charge in [-0.05, 0) is 68.3 Å². The summed E-state index contributed by atoms with van der Waals surface area (Å²) in [6.45, 7) is 7.53. The first-order chi connectivity index (χ1) is 15.9. The van der Waals surface area contributed by atoms with E-state index in [1.807, 2.05) is 4.90 Å². The number of carbonyl (C=O) groups is 2. The van der Waals surface area contributed by atoms with Crippen LogP contribution in [0.2, 0.25) is 10.0 Å². The number of rotatable bonds is 9. The lowest BCUT2D eigenvalue weighted by Crippen LogP contribution is -2.32. The summed E-state index contributed by atoms with van der Waals surface area (Å²) in [5.41, 5.74) is 2.72. The van der Waals surface area contributed by atoms with Crippen LogP contribution in [0.1, 0.15) is 54.5 Å². The molecular weight excluding hydrogens is 461 g/mol. The van der Waals surface area contributed by atoms with Crippen LogP contribution in [0.3, 0.4) is 0 Å². The smallest absolute Gasteiger partial charge is 0.358 e. The van der Waals surface area contributed by atoms with Crippen LogP contribution in [0.25, 0.3) is 16.9 Å². The summed E-state index contributed by atoms with van der Waals surface area (Å²) < 4.78 is 6.74. The largest absolute Gasteiger partial charge is 0.461 e. The van der Waals surface area contributed by atoms with Gasteiger partial charge in [0.05, 0.1) is 23.0 Å². The second-order valence-electron chi connectivity index (χ2n) is 7.51. The first-order valence-electron chi connectivity index (χ1n) is 11.0. The summed E-state index contributed by atoms with van der Waals surface area (Å²) in [5, 5.41) is 5.40. The Hall–Kier alpha value is -2.83. The van der Waals surface area contributed by atoms with Gasteiger partial charge in [0.25, 0.3) is 5.91 Å². The second-order valence-corrected chi connectivity index (χ2v) is 8.35. The highest BCUT2D eigenvalue weighted by Crippen LogP contribution is 2.32. The molecule has 0 unspecified atom stereocenters. The molecule has 0 aliphatic carbocycles. The van der Waals surface area contributed by atoms with E-state index in [-0.39, 0.29) is 18.2 Å². The van der Waals surface area contributed by atoms with Gasteiger partial charge in [-0.2, -0.15) is 5.10 Å². The normalized spacial score (nSPS) is 10.8. The highest BCUT2D eigenvalue weighted by atomic mass is 35.5. The Morgan fingerprint density at radius 1 is 0.970 bits per heavy atom. The molecule has 33 heavy (non-hydrogen) atoms. The molecule has 174 valence electrons. The zero-order chi connectivity index (χ0) is 24.0. The van der Waals surface area contributed by atoms with E-state index in [2.05, 4.69) is 18.9 Å². The van der Waals surface area contributed by atoms with Crippen LogP contribution in [-0.2, 0) is 4.74 Å². The van der Waals surface area contributed by atoms with Gasteiger partial charge in [0.15, 0.2) is 5.69 Å². The molecule has 8 heteroatoms. The zero-order valence-corrected chi connectivity index (χ0v) is 20.5. The highest BCUT2D eigenvalue weighted by molar-refractivity contribution is 6.36. The minimum absolute atomic E-state index is 0.00102. The van der Waals surface area contributed by atoms with E-state index in [9.17, 15) is 9.59 Å². The SMILES string of the molecule is CCCN(CCC)C(=O)c1ccc(-n2nc(C(=O)OCC)cc2-c2ccc(Cl)cc2Cl)cc1. The van der Waals surface area contributed by atoms with Crippen molar-refractivity contribution >= 4 is 35.1 Å². The quantitative estimate of drug-likeness (QED) is 0.333. The van der Waals surface area contributed by atoms with Gasteiger partial charge in [-0.25, -0.2) is 9.48 Å². The van der Waals surface area contributed by atoms with E-state index in [1.165, 1.54) is 0 Å². The molecule has 6 nitrogen and oxygen atoms in total. The summed E-state index contributed by atoms with van der Waals surface area (Å²) in [7, 11) is 0. The molecule has 0 fully saturated rings. The molecule has 0 bridgehead atoms. The van der Waals surface area contributed by atoms with Gasteiger partial charge >= 0.3 is 5.97 Å². The maximum absolute atomic E-state index is 12.9. The van der Waals surface area contributed by atoms with Crippen LogP contribution in [-0.4, -0.2) is 46.3 Å². The molecule has 0 saturated heterocycles. The monoisotopic (exact) mass is 487 g/mol. The molecule has 0 N–H and O–H groups in total. The molecule has 0 radical (unpaired) electrons. The molecule has 0 aliphatic heterocycles. The number of hydrogen-bond donors (Lipinski definition) is 0. The van der Waals surface area contributed by atoms with Crippen molar-refractivity contribution in [3.8, 4) is 16.9 Å². The summed E-state index contributed by atoms with van der Waals surface area (Å²) in [5.74, 6) is -0.525. The number of amides is 1. The lowest BCUT2D eigenvalue weighted by atomic mass is 10.1. The number of ether oxygens (including phenoxy) is 1. The van der Waals surface area contributed by atoms with Gasteiger partial charge in [-0.3, -0.25) is 4.79 Å². The Kier molecular flexibility index (Phi) is 8.53. The molecule has 1 aromatic heterocycles. The second kappa shape index (κ2) is 11.3. The minimum atomic E-state index is -0.524. The van der Waals surface area contributed by atoms with Gasteiger partial charge in [-0.1, -0.05) is 37.0 Å². The molecule has 0 saturated carbocycles. The molecule has 0 atom stereocenters. The predicted octanol–water partition coefficient (Wildman–Crippen LogP) is 6.29. The van der Waals surface area contributed by atoms with Crippen molar-refractivity contribution in [2.24, 2.45) is 0 Å². The van der Waals surface area contributed by atoms with Gasteiger partial charge in [0, 0.05) is 29.2 Å². The molecule has 1 amide bonds. The fourth-order valence-corrected chi connectivity index (χ4v) is 4.06. The third kappa shape index (κ3) is 5.75. The number of hydrogen-bond acceptors (Lipinski definition) is 4. The average Bonchev–Trinajstić information content (AvgIpc) is 3.24. The van der Waals surface area contributed by atoms with E-state index in [0.717, 1.165) is 25.9 Å². The molecule has 0 spiro atoms. The van der Waals surface area contributed by atoms with E-state index in [1.54, 1.807) is 60.1 Å². The van der Waals surface area contributed by atoms with Crippen LogP contribution in [0.15, 0.2) is 48.5 Å². The Morgan fingerprint density at radius 3 is 2.21 bits per heavy atom. The Balaban J connectivity index is 2.02. The topological polar surface area (TPSA) is 64.4 Å². The number of halogens is 2. The van der Waals surface area contributed by atoms with Crippen LogP contribution in [0.5, 0.6) is 0 Å². The molecule has 1 heterocycles. The van der Waals surface area contributed by atoms with Gasteiger partial charge < -0.3 is 9.64 Å². The van der Waals surface area contributed by atoms with Crippen molar-refractivity contribution in [2.75, 3.05) is 19.7 Å². The van der Waals surface area contributed by atoms with E-state index >= 15 is 0 Å². The summed E-state index contributed by atoms with van der Waals surface area (Å²) in [6.07, 6.45) is 1.80. The van der Waals surface area contributed by atoms with Crippen LogP contribution < -0.4 is 0 Å². The lowest BCUT2D eigenvalue weighted by Gasteiger charge is -2.21. The number of carbonyl (C=O) groups excluding carboxylic acids is 2. The van der Waals surface area contributed by atoms with Crippen molar-refractivity contribution in [1.82, 2.24) is 14.7 Å². The van der Waals surface area contributed by atoms with E-state index < -0.39 is 5.97 Å². The van der Waals surface area contributed by atoms with Crippen molar-refractivity contribution in [1.29, 1.82) is 0 Å². The minimum Gasteiger partial charge on any atom is -0.461 e. The Morgan fingerprint density at radius 2 is 1.64 bits per heavy atom. The summed E-state index contributed by atoms with van der Waals surface area (Å²) >= 11 is 12.5. The third-order valence-electron chi connectivity index (χ3n) is 5.03. The van der Waals surface area contributed by atoms with Crippen molar-refractivity contribution in [3.63, 3.8) is 0 Å². The molecule has 3 rings (SSSR count). The number of nitrogens with zero attached hydrogens (tertiary/aromatic N) is 3. The molecule has 0 aliphatic rings. The average molecular weight is 488 g/mol. The zero-order valence-electron chi connectivity index (χ0n) is 19.0. The first kappa shape index (κ1) is 24.8. The van der Waals surface area contributed by atoms with E-state index in [4.69, 9.17) is 27.9 Å². The lowest BCUT2D eigenvalue weighted by molar-refractivity contribution is 0.0518. The van der Waals surface area contributed by atoms with Crippen molar-refractivity contribution in [3.05, 3.63) is 69.8 Å². The number of esters is 1. The third-order valence-corrected chi connectivity index (χ3v) is 5.58. The highest BCUT2D eigenvalue weighted by Gasteiger charge is 2.20. The van der Waals surface area contributed by atoms with E-state index in [0.29, 0.717) is 32.6 Å². The standard InChI is InChI=1S/C25H27Cl2N3O3/c1-4-13-29(14-5-2)24(31)17-7-10-19(11-8-17)30-23(16-22(28-30)25(32)33-6-3)20-12-9-18(26)15-21(20)27/h7-12,15-16H,4-6,13-14H2,1-3H3. The van der Waals surface area contributed by atoms with Crippen LogP contribution >= 0.6 is 23.2 Å². The maximum atomic E-state index is 12.9. The number of benzene rings is 2. The Labute approximate surface area is 204 Å². The molecule has 2 aromatic carbocycles. The van der Waals surface area contributed by atoms with Crippen LogP contribution in [0, 0.1) is 0 Å². The Bertz CT molecular complexity index is 1120. The van der Waals surface area contributed by atoms with Gasteiger partial charge in [0.1, 0.15) is 0 Å². The summed E-state index contributed by atoms with van der Waals surface area (Å²) in [6, 6.07) is 13.9. The molecular formula is C25H27Cl2N3O3. The van der Waals surface area contributed by atoms with Crippen molar-refractivity contribution in [2.45, 2.75) is 33.6 Å².